The lowest BCUT2D eigenvalue weighted by molar-refractivity contribution is -0.387. The Labute approximate surface area is 180 Å². The molecule has 0 amide bonds. The molecule has 31 heavy (non-hydrogen) atoms. The second kappa shape index (κ2) is 9.65. The number of hydrogen-bond donors (Lipinski definition) is 1. The third-order valence-corrected chi connectivity index (χ3v) is 6.22. The van der Waals surface area contributed by atoms with Crippen LogP contribution in [0.15, 0.2) is 52.5 Å². The summed E-state index contributed by atoms with van der Waals surface area (Å²) in [6.07, 6.45) is 3.47. The normalized spacial score (nSPS) is 15.2. The Morgan fingerprint density at radius 3 is 2.58 bits per heavy atom. The van der Waals surface area contributed by atoms with Gasteiger partial charge in [0, 0.05) is 25.2 Å². The van der Waals surface area contributed by atoms with Crippen LogP contribution in [0.25, 0.3) is 0 Å². The highest BCUT2D eigenvalue weighted by molar-refractivity contribution is 7.87. The molecule has 10 nitrogen and oxygen atoms in total. The van der Waals surface area contributed by atoms with E-state index in [9.17, 15) is 18.5 Å². The standard InChI is InChI=1S/C20H24N4O6S/c1-15-10-17(29-13-16-6-8-23(9-7-16)14-22-21)12-18(11-15)30-31(27,28)20-5-3-2-4-19(20)24(25)26/h2-5,10-12,14,16H,6-9,13,21H2,1H3. The number of hydrogen-bond acceptors (Lipinski definition) is 8. The largest absolute Gasteiger partial charge is 0.493 e. The van der Waals surface area contributed by atoms with Crippen molar-refractivity contribution in [1.29, 1.82) is 0 Å². The molecule has 2 N–H and O–H groups in total. The first-order valence-electron chi connectivity index (χ1n) is 9.68. The van der Waals surface area contributed by atoms with Gasteiger partial charge in [-0.1, -0.05) is 12.1 Å². The molecule has 0 spiro atoms. The molecule has 0 unspecified atom stereocenters. The van der Waals surface area contributed by atoms with Crippen LogP contribution in [0.5, 0.6) is 11.5 Å². The molecule has 1 heterocycles. The first-order chi connectivity index (χ1) is 14.8. The molecule has 11 heteroatoms. The molecule has 0 atom stereocenters. The van der Waals surface area contributed by atoms with Crippen molar-refractivity contribution >= 4 is 22.1 Å². The molecule has 0 saturated carbocycles. The fraction of sp³-hybridized carbons (Fsp3) is 0.350. The van der Waals surface area contributed by atoms with Crippen LogP contribution in [-0.4, -0.2) is 44.3 Å². The van der Waals surface area contributed by atoms with Gasteiger partial charge in [0.2, 0.25) is 0 Å². The monoisotopic (exact) mass is 448 g/mol. The first kappa shape index (κ1) is 22.3. The topological polar surface area (TPSA) is 137 Å². The van der Waals surface area contributed by atoms with Crippen LogP contribution in [-0.2, 0) is 10.1 Å². The first-order valence-corrected chi connectivity index (χ1v) is 11.1. The number of piperidine rings is 1. The zero-order valence-corrected chi connectivity index (χ0v) is 17.8. The Bertz CT molecular complexity index is 1070. The molecule has 1 aliphatic rings. The van der Waals surface area contributed by atoms with Gasteiger partial charge >= 0.3 is 10.1 Å². The number of nitro groups is 1. The molecule has 2 aromatic carbocycles. The fourth-order valence-electron chi connectivity index (χ4n) is 3.38. The van der Waals surface area contributed by atoms with Crippen molar-refractivity contribution in [3.63, 3.8) is 0 Å². The summed E-state index contributed by atoms with van der Waals surface area (Å²) in [5.74, 6) is 6.03. The average Bonchev–Trinajstić information content (AvgIpc) is 2.73. The van der Waals surface area contributed by atoms with Gasteiger partial charge in [-0.2, -0.15) is 13.5 Å². The van der Waals surface area contributed by atoms with Crippen molar-refractivity contribution in [2.45, 2.75) is 24.7 Å². The van der Waals surface area contributed by atoms with Crippen molar-refractivity contribution in [2.24, 2.45) is 16.9 Å². The molecular formula is C20H24N4O6S. The molecule has 1 fully saturated rings. The number of nitrogens with zero attached hydrogens (tertiary/aromatic N) is 3. The maximum Gasteiger partial charge on any atom is 0.346 e. The SMILES string of the molecule is Cc1cc(OCC2CCN(C=NN)CC2)cc(OS(=O)(=O)c2ccccc2[N+](=O)[O-])c1. The van der Waals surface area contributed by atoms with Crippen molar-refractivity contribution in [3.8, 4) is 11.5 Å². The number of hydrazone groups is 1. The molecule has 0 aliphatic carbocycles. The van der Waals surface area contributed by atoms with Crippen LogP contribution in [0.1, 0.15) is 18.4 Å². The van der Waals surface area contributed by atoms with Crippen LogP contribution in [0.3, 0.4) is 0 Å². The lowest BCUT2D eigenvalue weighted by atomic mass is 9.98. The van der Waals surface area contributed by atoms with E-state index in [4.69, 9.17) is 14.8 Å². The maximum atomic E-state index is 12.6. The third-order valence-electron chi connectivity index (χ3n) is 4.93. The molecule has 0 aromatic heterocycles. The van der Waals surface area contributed by atoms with Crippen LogP contribution in [0, 0.1) is 23.0 Å². The van der Waals surface area contributed by atoms with E-state index >= 15 is 0 Å². The van der Waals surface area contributed by atoms with Gasteiger partial charge in [0.1, 0.15) is 17.8 Å². The minimum atomic E-state index is -4.39. The van der Waals surface area contributed by atoms with Gasteiger partial charge in [-0.25, -0.2) is 0 Å². The number of benzene rings is 2. The Morgan fingerprint density at radius 1 is 1.23 bits per heavy atom. The predicted octanol–water partition coefficient (Wildman–Crippen LogP) is 2.66. The number of nitro benzene ring substituents is 1. The summed E-state index contributed by atoms with van der Waals surface area (Å²) in [5, 5.41) is 14.7. The zero-order valence-electron chi connectivity index (χ0n) is 17.0. The highest BCUT2D eigenvalue weighted by Crippen LogP contribution is 2.30. The lowest BCUT2D eigenvalue weighted by Gasteiger charge is -2.30. The second-order valence-corrected chi connectivity index (χ2v) is 8.81. The van der Waals surface area contributed by atoms with Gasteiger partial charge < -0.3 is 19.7 Å². The lowest BCUT2D eigenvalue weighted by Crippen LogP contribution is -2.34. The summed E-state index contributed by atoms with van der Waals surface area (Å²) in [4.78, 5) is 12.0. The zero-order chi connectivity index (χ0) is 22.4. The highest BCUT2D eigenvalue weighted by Gasteiger charge is 2.27. The smallest absolute Gasteiger partial charge is 0.346 e. The van der Waals surface area contributed by atoms with E-state index in [2.05, 4.69) is 5.10 Å². The molecule has 1 saturated heterocycles. The van der Waals surface area contributed by atoms with Crippen molar-refractivity contribution in [1.82, 2.24) is 4.90 Å². The number of aryl methyl sites for hydroxylation is 1. The molecule has 0 bridgehead atoms. The van der Waals surface area contributed by atoms with Gasteiger partial charge in [0.05, 0.1) is 11.5 Å². The minimum absolute atomic E-state index is 0.0297. The number of para-hydroxylation sites is 1. The summed E-state index contributed by atoms with van der Waals surface area (Å²) in [7, 11) is -4.39. The summed E-state index contributed by atoms with van der Waals surface area (Å²) in [6, 6.07) is 9.83. The average molecular weight is 449 g/mol. The van der Waals surface area contributed by atoms with Gasteiger partial charge in [-0.3, -0.25) is 10.1 Å². The van der Waals surface area contributed by atoms with Crippen molar-refractivity contribution < 1.29 is 22.3 Å². The highest BCUT2D eigenvalue weighted by atomic mass is 32.2. The van der Waals surface area contributed by atoms with E-state index in [1.165, 1.54) is 24.3 Å². The van der Waals surface area contributed by atoms with Gasteiger partial charge in [-0.05, 0) is 49.4 Å². The Kier molecular flexibility index (Phi) is 6.95. The van der Waals surface area contributed by atoms with Crippen LogP contribution < -0.4 is 14.8 Å². The summed E-state index contributed by atoms with van der Waals surface area (Å²) in [5.41, 5.74) is 0.192. The Morgan fingerprint density at radius 2 is 1.90 bits per heavy atom. The van der Waals surface area contributed by atoms with Gasteiger partial charge in [0.15, 0.2) is 4.90 Å². The Balaban J connectivity index is 1.69. The number of ether oxygens (including phenoxy) is 1. The van der Waals surface area contributed by atoms with Crippen LogP contribution in [0.4, 0.5) is 5.69 Å². The van der Waals surface area contributed by atoms with E-state index < -0.39 is 25.6 Å². The van der Waals surface area contributed by atoms with E-state index in [0.29, 0.717) is 18.3 Å². The van der Waals surface area contributed by atoms with Gasteiger partial charge in [0.25, 0.3) is 5.69 Å². The van der Waals surface area contributed by atoms with E-state index in [1.54, 1.807) is 19.3 Å². The van der Waals surface area contributed by atoms with E-state index in [-0.39, 0.29) is 5.75 Å². The van der Waals surface area contributed by atoms with Gasteiger partial charge in [-0.15, -0.1) is 0 Å². The number of rotatable bonds is 8. The maximum absolute atomic E-state index is 12.6. The molecule has 166 valence electrons. The molecule has 1 aliphatic heterocycles. The molecule has 0 radical (unpaired) electrons. The molecule has 3 rings (SSSR count). The van der Waals surface area contributed by atoms with E-state index in [0.717, 1.165) is 43.6 Å². The molecule has 2 aromatic rings. The predicted molar refractivity (Wildman–Crippen MR) is 115 cm³/mol. The van der Waals surface area contributed by atoms with E-state index in [1.807, 2.05) is 4.90 Å². The summed E-state index contributed by atoms with van der Waals surface area (Å²) >= 11 is 0. The Hall–Kier alpha value is -3.34. The third kappa shape index (κ3) is 5.85. The summed E-state index contributed by atoms with van der Waals surface area (Å²) < 4.78 is 36.4. The number of likely N-dealkylation sites (tertiary alicyclic amines) is 1. The number of nitrogens with two attached hydrogens (primary N) is 1. The minimum Gasteiger partial charge on any atom is -0.493 e. The van der Waals surface area contributed by atoms with Crippen LogP contribution in [0.2, 0.25) is 0 Å². The fourth-order valence-corrected chi connectivity index (χ4v) is 4.46. The molecular weight excluding hydrogens is 424 g/mol. The second-order valence-electron chi connectivity index (χ2n) is 7.30. The van der Waals surface area contributed by atoms with Crippen molar-refractivity contribution in [2.75, 3.05) is 19.7 Å². The quantitative estimate of drug-likeness (QED) is 0.162. The summed E-state index contributed by atoms with van der Waals surface area (Å²) in [6.45, 7) is 3.94. The van der Waals surface area contributed by atoms with Crippen LogP contribution >= 0.6 is 0 Å². The van der Waals surface area contributed by atoms with Crippen molar-refractivity contribution in [3.05, 3.63) is 58.1 Å².